The van der Waals surface area contributed by atoms with Crippen molar-refractivity contribution < 1.29 is 20.1 Å². The molecule has 4 heteroatoms. The second-order valence-corrected chi connectivity index (χ2v) is 6.89. The smallest absolute Gasteiger partial charge is 0.190 e. The van der Waals surface area contributed by atoms with Crippen LogP contribution in [0.15, 0.2) is 47.6 Å². The number of ketones is 1. The standard InChI is InChI=1S/C20H30O4/c1-13(2)7-5-8-14(3)9-6-10-15(4)18-17(22)11-16(12-21)19(23)20(18)24/h5-6,8-11,13-14,17-18,20-22,24H,7,12H2,1-4H3/b8-5+,9-6+,15-10+/t14-,17-,18-,20+/m1/s1. The van der Waals surface area contributed by atoms with Crippen LogP contribution in [-0.4, -0.2) is 39.9 Å². The fourth-order valence-corrected chi connectivity index (χ4v) is 2.70. The summed E-state index contributed by atoms with van der Waals surface area (Å²) in [5.41, 5.74) is 0.796. The molecule has 0 unspecified atom stereocenters. The van der Waals surface area contributed by atoms with Crippen LogP contribution < -0.4 is 0 Å². The summed E-state index contributed by atoms with van der Waals surface area (Å²) in [6.45, 7) is 7.75. The normalized spacial score (nSPS) is 27.3. The number of Topliss-reactive ketones (excluding diaryl/α,β-unsaturated/α-hetero) is 1. The summed E-state index contributed by atoms with van der Waals surface area (Å²) in [6, 6.07) is 0. The van der Waals surface area contributed by atoms with Gasteiger partial charge in [-0.3, -0.25) is 4.79 Å². The largest absolute Gasteiger partial charge is 0.392 e. The van der Waals surface area contributed by atoms with Crippen LogP contribution in [0.4, 0.5) is 0 Å². The third-order valence-electron chi connectivity index (χ3n) is 4.18. The molecule has 4 nitrogen and oxygen atoms in total. The maximum atomic E-state index is 11.9. The summed E-state index contributed by atoms with van der Waals surface area (Å²) >= 11 is 0. The van der Waals surface area contributed by atoms with Gasteiger partial charge in [-0.1, -0.05) is 56.7 Å². The number of allylic oxidation sites excluding steroid dienone is 5. The molecule has 3 N–H and O–H groups in total. The summed E-state index contributed by atoms with van der Waals surface area (Å²) in [5.74, 6) is -0.265. The Kier molecular flexibility index (Phi) is 8.32. The Labute approximate surface area is 144 Å². The number of hydrogen-bond acceptors (Lipinski definition) is 4. The van der Waals surface area contributed by atoms with Crippen molar-refractivity contribution >= 4 is 5.78 Å². The van der Waals surface area contributed by atoms with E-state index in [1.807, 2.05) is 18.2 Å². The van der Waals surface area contributed by atoms with Gasteiger partial charge in [-0.25, -0.2) is 0 Å². The van der Waals surface area contributed by atoms with Gasteiger partial charge < -0.3 is 15.3 Å². The number of carbonyl (C=O) groups is 1. The van der Waals surface area contributed by atoms with Crippen LogP contribution in [0.1, 0.15) is 34.1 Å². The molecule has 24 heavy (non-hydrogen) atoms. The molecule has 0 saturated carbocycles. The Bertz CT molecular complexity index is 540. The molecule has 0 radical (unpaired) electrons. The third-order valence-corrected chi connectivity index (χ3v) is 4.18. The van der Waals surface area contributed by atoms with Crippen molar-refractivity contribution in [2.45, 2.75) is 46.3 Å². The van der Waals surface area contributed by atoms with Crippen LogP contribution in [-0.2, 0) is 4.79 Å². The fourth-order valence-electron chi connectivity index (χ4n) is 2.70. The maximum Gasteiger partial charge on any atom is 0.190 e. The van der Waals surface area contributed by atoms with Crippen molar-refractivity contribution in [1.82, 2.24) is 0 Å². The molecule has 0 saturated heterocycles. The Balaban J connectivity index is 2.75. The van der Waals surface area contributed by atoms with E-state index in [0.29, 0.717) is 5.92 Å². The first-order valence-corrected chi connectivity index (χ1v) is 8.51. The van der Waals surface area contributed by atoms with Crippen molar-refractivity contribution in [3.05, 3.63) is 47.6 Å². The van der Waals surface area contributed by atoms with E-state index in [1.165, 1.54) is 6.08 Å². The minimum atomic E-state index is -1.32. The van der Waals surface area contributed by atoms with E-state index < -0.39 is 30.5 Å². The number of aliphatic hydroxyl groups is 3. The average molecular weight is 334 g/mol. The molecule has 0 aromatic carbocycles. The molecular formula is C20H30O4. The Morgan fingerprint density at radius 1 is 1.25 bits per heavy atom. The predicted molar refractivity (Wildman–Crippen MR) is 96.3 cm³/mol. The van der Waals surface area contributed by atoms with Crippen LogP contribution in [0.25, 0.3) is 0 Å². The summed E-state index contributed by atoms with van der Waals surface area (Å²) < 4.78 is 0. The maximum absolute atomic E-state index is 11.9. The Morgan fingerprint density at radius 2 is 1.92 bits per heavy atom. The van der Waals surface area contributed by atoms with E-state index >= 15 is 0 Å². The highest BCUT2D eigenvalue weighted by Crippen LogP contribution is 2.28. The van der Waals surface area contributed by atoms with Gasteiger partial charge in [0, 0.05) is 11.5 Å². The Morgan fingerprint density at radius 3 is 2.50 bits per heavy atom. The van der Waals surface area contributed by atoms with Gasteiger partial charge in [0.15, 0.2) is 5.78 Å². The van der Waals surface area contributed by atoms with Gasteiger partial charge >= 0.3 is 0 Å². The summed E-state index contributed by atoms with van der Waals surface area (Å²) in [4.78, 5) is 11.9. The number of hydrogen-bond donors (Lipinski definition) is 3. The molecule has 0 aliphatic heterocycles. The molecule has 134 valence electrons. The predicted octanol–water partition coefficient (Wildman–Crippen LogP) is 2.57. The van der Waals surface area contributed by atoms with Gasteiger partial charge in [0.25, 0.3) is 0 Å². The molecule has 1 rings (SSSR count). The molecular weight excluding hydrogens is 304 g/mol. The SMILES string of the molecule is C/C(=C\C=C\[C@H](C)/C=C/CC(C)C)[C@@H]1[C@H](O)C=C(CO)C(=O)[C@H]1O. The minimum absolute atomic E-state index is 0.0681. The fraction of sp³-hybridized carbons (Fsp3) is 0.550. The molecule has 0 amide bonds. The zero-order valence-electron chi connectivity index (χ0n) is 15.0. The molecule has 0 fully saturated rings. The lowest BCUT2D eigenvalue weighted by Crippen LogP contribution is -2.43. The van der Waals surface area contributed by atoms with Gasteiger partial charge in [-0.2, -0.15) is 0 Å². The second kappa shape index (κ2) is 9.72. The first-order chi connectivity index (χ1) is 11.3. The van der Waals surface area contributed by atoms with Gasteiger partial charge in [-0.15, -0.1) is 0 Å². The lowest BCUT2D eigenvalue weighted by molar-refractivity contribution is -0.128. The molecule has 0 aromatic rings. The molecule has 0 heterocycles. The molecule has 0 spiro atoms. The van der Waals surface area contributed by atoms with E-state index in [1.54, 1.807) is 6.92 Å². The van der Waals surface area contributed by atoms with Crippen LogP contribution in [0.3, 0.4) is 0 Å². The number of aliphatic hydroxyl groups excluding tert-OH is 3. The molecule has 1 aliphatic carbocycles. The van der Waals surface area contributed by atoms with Crippen LogP contribution in [0.5, 0.6) is 0 Å². The molecule has 0 bridgehead atoms. The van der Waals surface area contributed by atoms with E-state index in [2.05, 4.69) is 32.9 Å². The minimum Gasteiger partial charge on any atom is -0.392 e. The quantitative estimate of drug-likeness (QED) is 0.494. The van der Waals surface area contributed by atoms with Crippen molar-refractivity contribution in [3.8, 4) is 0 Å². The number of rotatable bonds is 7. The monoisotopic (exact) mass is 334 g/mol. The van der Waals surface area contributed by atoms with Gasteiger partial charge in [0.1, 0.15) is 6.10 Å². The zero-order valence-corrected chi connectivity index (χ0v) is 15.0. The topological polar surface area (TPSA) is 77.8 Å². The van der Waals surface area contributed by atoms with E-state index in [0.717, 1.165) is 12.0 Å². The third kappa shape index (κ3) is 5.86. The van der Waals surface area contributed by atoms with Crippen molar-refractivity contribution in [3.63, 3.8) is 0 Å². The van der Waals surface area contributed by atoms with Gasteiger partial charge in [-0.05, 0) is 31.3 Å². The van der Waals surface area contributed by atoms with E-state index in [4.69, 9.17) is 5.11 Å². The van der Waals surface area contributed by atoms with Crippen molar-refractivity contribution in [2.75, 3.05) is 6.61 Å². The molecule has 1 aliphatic rings. The average Bonchev–Trinajstić information content (AvgIpc) is 2.50. The highest BCUT2D eigenvalue weighted by Gasteiger charge is 2.37. The first-order valence-electron chi connectivity index (χ1n) is 8.51. The van der Waals surface area contributed by atoms with Gasteiger partial charge in [0.2, 0.25) is 0 Å². The van der Waals surface area contributed by atoms with Crippen molar-refractivity contribution in [2.24, 2.45) is 17.8 Å². The lowest BCUT2D eigenvalue weighted by atomic mass is 9.79. The second-order valence-electron chi connectivity index (χ2n) is 6.89. The highest BCUT2D eigenvalue weighted by molar-refractivity contribution is 6.00. The Hall–Kier alpha value is -1.49. The first kappa shape index (κ1) is 20.6. The molecule has 4 atom stereocenters. The van der Waals surface area contributed by atoms with Crippen LogP contribution in [0, 0.1) is 17.8 Å². The highest BCUT2D eigenvalue weighted by atomic mass is 16.3. The van der Waals surface area contributed by atoms with Crippen LogP contribution >= 0.6 is 0 Å². The lowest BCUT2D eigenvalue weighted by Gasteiger charge is -2.30. The van der Waals surface area contributed by atoms with Crippen molar-refractivity contribution in [1.29, 1.82) is 0 Å². The molecule has 0 aromatic heterocycles. The van der Waals surface area contributed by atoms with Gasteiger partial charge in [0.05, 0.1) is 12.7 Å². The van der Waals surface area contributed by atoms with Crippen LogP contribution in [0.2, 0.25) is 0 Å². The summed E-state index contributed by atoms with van der Waals surface area (Å²) in [7, 11) is 0. The zero-order chi connectivity index (χ0) is 18.3. The summed E-state index contributed by atoms with van der Waals surface area (Å²) in [6.07, 6.45) is 10.1. The number of carbonyl (C=O) groups excluding carboxylic acids is 1. The van der Waals surface area contributed by atoms with E-state index in [-0.39, 0.29) is 11.5 Å². The van der Waals surface area contributed by atoms with E-state index in [9.17, 15) is 15.0 Å². The summed E-state index contributed by atoms with van der Waals surface area (Å²) in [5, 5.41) is 29.3.